The van der Waals surface area contributed by atoms with Crippen molar-refractivity contribution in [2.45, 2.75) is 51.4 Å². The Morgan fingerprint density at radius 3 is 2.50 bits per heavy atom. The highest BCUT2D eigenvalue weighted by Crippen LogP contribution is 2.15. The van der Waals surface area contributed by atoms with E-state index < -0.39 is 0 Å². The zero-order chi connectivity index (χ0) is 19.2. The van der Waals surface area contributed by atoms with Crippen LogP contribution in [-0.4, -0.2) is 61.8 Å². The Morgan fingerprint density at radius 2 is 1.82 bits per heavy atom. The number of aliphatic hydroxyl groups excluding tert-OH is 1. The Hall–Kier alpha value is -0.860. The number of guanidine groups is 1. The zero-order valence-electron chi connectivity index (χ0n) is 17.4. The van der Waals surface area contributed by atoms with E-state index in [2.05, 4.69) is 39.6 Å². The monoisotopic (exact) mass is 502 g/mol. The molecule has 160 valence electrons. The van der Waals surface area contributed by atoms with Crippen LogP contribution in [0.1, 0.15) is 56.9 Å². The first-order valence-electron chi connectivity index (χ1n) is 10.7. The second kappa shape index (κ2) is 16.0. The SMILES string of the molecule is CCNC(=NCC(CO)c1ccccc1)NCCCCCN1CCCCC1.I. The van der Waals surface area contributed by atoms with E-state index in [-0.39, 0.29) is 36.5 Å². The number of hydrogen-bond donors (Lipinski definition) is 3. The summed E-state index contributed by atoms with van der Waals surface area (Å²) in [4.78, 5) is 7.29. The van der Waals surface area contributed by atoms with E-state index in [1.807, 2.05) is 18.2 Å². The van der Waals surface area contributed by atoms with Gasteiger partial charge in [0.1, 0.15) is 0 Å². The van der Waals surface area contributed by atoms with Gasteiger partial charge in [0.2, 0.25) is 0 Å². The van der Waals surface area contributed by atoms with Gasteiger partial charge in [-0.3, -0.25) is 4.99 Å². The largest absolute Gasteiger partial charge is 0.396 e. The Labute approximate surface area is 188 Å². The first-order chi connectivity index (χ1) is 13.3. The number of aliphatic imine (C=N–C) groups is 1. The van der Waals surface area contributed by atoms with E-state index in [0.717, 1.165) is 24.6 Å². The van der Waals surface area contributed by atoms with Crippen molar-refractivity contribution in [2.75, 3.05) is 45.9 Å². The maximum atomic E-state index is 9.69. The molecule has 1 aliphatic heterocycles. The third-order valence-corrected chi connectivity index (χ3v) is 5.20. The molecular formula is C22H39IN4O. The number of hydrogen-bond acceptors (Lipinski definition) is 3. The first kappa shape index (κ1) is 25.2. The normalized spacial score (nSPS) is 16.3. The van der Waals surface area contributed by atoms with Gasteiger partial charge in [0.05, 0.1) is 13.2 Å². The predicted octanol–water partition coefficient (Wildman–Crippen LogP) is 3.59. The van der Waals surface area contributed by atoms with Crippen molar-refractivity contribution in [2.24, 2.45) is 4.99 Å². The molecule has 1 aliphatic rings. The fourth-order valence-corrected chi connectivity index (χ4v) is 3.56. The number of halogens is 1. The topological polar surface area (TPSA) is 59.9 Å². The van der Waals surface area contributed by atoms with E-state index in [1.54, 1.807) is 0 Å². The summed E-state index contributed by atoms with van der Waals surface area (Å²) in [5, 5.41) is 16.4. The average molecular weight is 502 g/mol. The number of piperidine rings is 1. The number of rotatable bonds is 11. The van der Waals surface area contributed by atoms with Gasteiger partial charge in [-0.05, 0) is 57.8 Å². The molecule has 0 spiro atoms. The van der Waals surface area contributed by atoms with Crippen LogP contribution in [0.5, 0.6) is 0 Å². The molecule has 1 aromatic rings. The van der Waals surface area contributed by atoms with Crippen molar-refractivity contribution in [3.63, 3.8) is 0 Å². The summed E-state index contributed by atoms with van der Waals surface area (Å²) in [7, 11) is 0. The van der Waals surface area contributed by atoms with Crippen molar-refractivity contribution in [1.29, 1.82) is 0 Å². The molecule has 3 N–H and O–H groups in total. The fourth-order valence-electron chi connectivity index (χ4n) is 3.56. The summed E-state index contributed by atoms with van der Waals surface area (Å²) in [6, 6.07) is 10.1. The maximum Gasteiger partial charge on any atom is 0.191 e. The Bertz CT molecular complexity index is 521. The van der Waals surface area contributed by atoms with Crippen LogP contribution in [0.2, 0.25) is 0 Å². The minimum atomic E-state index is 0. The summed E-state index contributed by atoms with van der Waals surface area (Å²) < 4.78 is 0. The molecular weight excluding hydrogens is 463 g/mol. The van der Waals surface area contributed by atoms with E-state index >= 15 is 0 Å². The van der Waals surface area contributed by atoms with Crippen molar-refractivity contribution in [3.05, 3.63) is 35.9 Å². The van der Waals surface area contributed by atoms with Crippen molar-refractivity contribution in [3.8, 4) is 0 Å². The average Bonchev–Trinajstić information content (AvgIpc) is 2.72. The molecule has 5 nitrogen and oxygen atoms in total. The lowest BCUT2D eigenvalue weighted by Gasteiger charge is -2.26. The highest BCUT2D eigenvalue weighted by molar-refractivity contribution is 14.0. The number of likely N-dealkylation sites (tertiary alicyclic amines) is 1. The van der Waals surface area contributed by atoms with Crippen LogP contribution >= 0.6 is 24.0 Å². The van der Waals surface area contributed by atoms with Gasteiger partial charge in [-0.1, -0.05) is 43.2 Å². The lowest BCUT2D eigenvalue weighted by atomic mass is 10.0. The lowest BCUT2D eigenvalue weighted by molar-refractivity contribution is 0.224. The Balaban J connectivity index is 0.00000392. The van der Waals surface area contributed by atoms with Gasteiger partial charge in [0.25, 0.3) is 0 Å². The minimum Gasteiger partial charge on any atom is -0.396 e. The van der Waals surface area contributed by atoms with Gasteiger partial charge >= 0.3 is 0 Å². The molecule has 0 radical (unpaired) electrons. The van der Waals surface area contributed by atoms with Gasteiger partial charge in [0.15, 0.2) is 5.96 Å². The summed E-state index contributed by atoms with van der Waals surface area (Å²) in [6.07, 6.45) is 7.88. The van der Waals surface area contributed by atoms with Gasteiger partial charge < -0.3 is 20.6 Å². The molecule has 1 aromatic carbocycles. The molecule has 0 aromatic heterocycles. The van der Waals surface area contributed by atoms with Crippen molar-refractivity contribution in [1.82, 2.24) is 15.5 Å². The van der Waals surface area contributed by atoms with Crippen LogP contribution < -0.4 is 10.6 Å². The quantitative estimate of drug-likeness (QED) is 0.187. The number of benzene rings is 1. The van der Waals surface area contributed by atoms with Crippen LogP contribution in [0.4, 0.5) is 0 Å². The van der Waals surface area contributed by atoms with Crippen LogP contribution in [0.25, 0.3) is 0 Å². The molecule has 1 saturated heterocycles. The van der Waals surface area contributed by atoms with E-state index in [4.69, 9.17) is 0 Å². The van der Waals surface area contributed by atoms with Crippen LogP contribution in [0, 0.1) is 0 Å². The first-order valence-corrected chi connectivity index (χ1v) is 10.7. The third kappa shape index (κ3) is 10.1. The molecule has 6 heteroatoms. The van der Waals surface area contributed by atoms with E-state index in [0.29, 0.717) is 6.54 Å². The molecule has 2 rings (SSSR count). The standard InChI is InChI=1S/C22H38N4O.HI/c1-2-23-22(25-18-21(19-27)20-12-6-3-7-13-20)24-14-8-4-9-15-26-16-10-5-11-17-26;/h3,6-7,12-13,21,27H,2,4-5,8-11,14-19H2,1H3,(H2,23,24,25);1H. The molecule has 1 fully saturated rings. The highest BCUT2D eigenvalue weighted by Gasteiger charge is 2.10. The minimum absolute atomic E-state index is 0. The molecule has 1 heterocycles. The summed E-state index contributed by atoms with van der Waals surface area (Å²) in [5.74, 6) is 0.897. The Kier molecular flexibility index (Phi) is 14.4. The van der Waals surface area contributed by atoms with Crippen LogP contribution in [0.15, 0.2) is 35.3 Å². The molecule has 1 atom stereocenters. The number of nitrogens with one attached hydrogen (secondary N) is 2. The molecule has 28 heavy (non-hydrogen) atoms. The zero-order valence-corrected chi connectivity index (χ0v) is 19.7. The van der Waals surface area contributed by atoms with Crippen LogP contribution in [0.3, 0.4) is 0 Å². The highest BCUT2D eigenvalue weighted by atomic mass is 127. The number of aliphatic hydroxyl groups is 1. The van der Waals surface area contributed by atoms with Gasteiger partial charge in [-0.25, -0.2) is 0 Å². The lowest BCUT2D eigenvalue weighted by Crippen LogP contribution is -2.38. The molecule has 0 saturated carbocycles. The number of nitrogens with zero attached hydrogens (tertiary/aromatic N) is 2. The molecule has 0 amide bonds. The Morgan fingerprint density at radius 1 is 1.07 bits per heavy atom. The van der Waals surface area contributed by atoms with Crippen molar-refractivity contribution >= 4 is 29.9 Å². The van der Waals surface area contributed by atoms with Crippen molar-refractivity contribution < 1.29 is 5.11 Å². The van der Waals surface area contributed by atoms with Gasteiger partial charge in [-0.2, -0.15) is 0 Å². The second-order valence-electron chi connectivity index (χ2n) is 7.40. The maximum absolute atomic E-state index is 9.69. The molecule has 0 bridgehead atoms. The van der Waals surface area contributed by atoms with Gasteiger partial charge in [0, 0.05) is 19.0 Å². The molecule has 1 unspecified atom stereocenters. The van der Waals surface area contributed by atoms with E-state index in [9.17, 15) is 5.11 Å². The number of unbranched alkanes of at least 4 members (excludes halogenated alkanes) is 2. The summed E-state index contributed by atoms with van der Waals surface area (Å²) in [5.41, 5.74) is 1.14. The molecule has 0 aliphatic carbocycles. The third-order valence-electron chi connectivity index (χ3n) is 5.20. The fraction of sp³-hybridized carbons (Fsp3) is 0.682. The second-order valence-corrected chi connectivity index (χ2v) is 7.40. The predicted molar refractivity (Wildman–Crippen MR) is 130 cm³/mol. The smallest absolute Gasteiger partial charge is 0.191 e. The summed E-state index contributed by atoms with van der Waals surface area (Å²) >= 11 is 0. The van der Waals surface area contributed by atoms with Crippen LogP contribution in [-0.2, 0) is 0 Å². The van der Waals surface area contributed by atoms with E-state index in [1.165, 1.54) is 58.2 Å². The summed E-state index contributed by atoms with van der Waals surface area (Å²) in [6.45, 7) is 8.41. The van der Waals surface area contributed by atoms with Gasteiger partial charge in [-0.15, -0.1) is 24.0 Å².